The molecule has 0 saturated carbocycles. The molecule has 2 N–H and O–H groups in total. The minimum absolute atomic E-state index is 0.0369. The molecular weight excluding hydrogens is 462 g/mol. The highest BCUT2D eigenvalue weighted by Gasteiger charge is 2.27. The van der Waals surface area contributed by atoms with Crippen LogP contribution in [0.1, 0.15) is 12.5 Å². The predicted octanol–water partition coefficient (Wildman–Crippen LogP) is 3.39. The maximum absolute atomic E-state index is 13.2. The maximum Gasteiger partial charge on any atom is 0.284 e. The van der Waals surface area contributed by atoms with Gasteiger partial charge in [-0.15, -0.1) is 0 Å². The lowest BCUT2D eigenvalue weighted by Crippen LogP contribution is -2.42. The molecule has 0 saturated heterocycles. The minimum Gasteiger partial charge on any atom is -0.494 e. The number of hydrogen-bond donors (Lipinski definition) is 2. The fraction of sp³-hybridized carbons (Fsp3) is 0.148. The van der Waals surface area contributed by atoms with Crippen LogP contribution in [-0.2, 0) is 4.79 Å². The summed E-state index contributed by atoms with van der Waals surface area (Å²) in [5.74, 6) is 0.865. The lowest BCUT2D eigenvalue weighted by molar-refractivity contribution is -0.130. The molecule has 4 aromatic rings. The second-order valence-electron chi connectivity index (χ2n) is 7.95. The Hall–Kier alpha value is -4.79. The van der Waals surface area contributed by atoms with Gasteiger partial charge in [-0.2, -0.15) is 5.10 Å². The number of rotatable bonds is 6. The highest BCUT2D eigenvalue weighted by atomic mass is 16.6. The molecule has 3 aromatic carbocycles. The number of benzene rings is 3. The van der Waals surface area contributed by atoms with Gasteiger partial charge in [0.2, 0.25) is 12.0 Å². The molecule has 0 bridgehead atoms. The van der Waals surface area contributed by atoms with E-state index in [2.05, 4.69) is 10.5 Å². The zero-order chi connectivity index (χ0) is 25.1. The Morgan fingerprint density at radius 1 is 1.08 bits per heavy atom. The summed E-state index contributed by atoms with van der Waals surface area (Å²) >= 11 is 0. The number of nitrogens with zero attached hydrogens (tertiary/aromatic N) is 2. The zero-order valence-electron chi connectivity index (χ0n) is 19.4. The first-order valence-electron chi connectivity index (χ1n) is 11.4. The second-order valence-corrected chi connectivity index (χ2v) is 7.95. The van der Waals surface area contributed by atoms with Gasteiger partial charge in [-0.3, -0.25) is 9.59 Å². The highest BCUT2D eigenvalue weighted by molar-refractivity contribution is 6.02. The van der Waals surface area contributed by atoms with E-state index < -0.39 is 12.0 Å². The molecule has 0 radical (unpaired) electrons. The van der Waals surface area contributed by atoms with Crippen LogP contribution >= 0.6 is 0 Å². The van der Waals surface area contributed by atoms with E-state index in [0.29, 0.717) is 40.3 Å². The number of ether oxygens (including phenoxy) is 3. The first kappa shape index (κ1) is 23.0. The largest absolute Gasteiger partial charge is 0.494 e. The quantitative estimate of drug-likeness (QED) is 0.320. The van der Waals surface area contributed by atoms with Crippen molar-refractivity contribution in [3.05, 3.63) is 88.7 Å². The van der Waals surface area contributed by atoms with E-state index in [1.54, 1.807) is 66.7 Å². The molecule has 0 aliphatic carbocycles. The van der Waals surface area contributed by atoms with E-state index in [9.17, 15) is 14.7 Å². The van der Waals surface area contributed by atoms with Crippen molar-refractivity contribution >= 4 is 22.9 Å². The van der Waals surface area contributed by atoms with E-state index in [1.165, 1.54) is 10.8 Å². The predicted molar refractivity (Wildman–Crippen MR) is 134 cm³/mol. The number of aromatic nitrogens is 1. The number of carbonyl (C=O) groups is 1. The molecule has 0 unspecified atom stereocenters. The van der Waals surface area contributed by atoms with Gasteiger partial charge in [0, 0.05) is 10.8 Å². The molecule has 9 nitrogen and oxygen atoms in total. The van der Waals surface area contributed by atoms with E-state index in [0.717, 1.165) is 0 Å². The first-order valence-corrected chi connectivity index (χ1v) is 11.4. The molecule has 5 rings (SSSR count). The number of hydrogen-bond acceptors (Lipinski definition) is 7. The van der Waals surface area contributed by atoms with Crippen LogP contribution in [-0.4, -0.2) is 41.1 Å². The first-order chi connectivity index (χ1) is 17.6. The van der Waals surface area contributed by atoms with Gasteiger partial charge in [0.25, 0.3) is 11.5 Å². The third-order valence-corrected chi connectivity index (χ3v) is 5.68. The number of amides is 1. The smallest absolute Gasteiger partial charge is 0.284 e. The van der Waals surface area contributed by atoms with Crippen molar-refractivity contribution in [3.8, 4) is 28.8 Å². The van der Waals surface area contributed by atoms with Gasteiger partial charge in [-0.05, 0) is 49.4 Å². The summed E-state index contributed by atoms with van der Waals surface area (Å²) in [6.45, 7) is 2.43. The Kier molecular flexibility index (Phi) is 6.27. The SMILES string of the molecule is CCOc1ccc(-n2c(O)c(/C=N/NC(=O)[C@@H]3COc4ccccc4O3)c3ccccc3c2=O)cc1. The van der Waals surface area contributed by atoms with Gasteiger partial charge >= 0.3 is 0 Å². The molecule has 1 aliphatic rings. The molecule has 0 spiro atoms. The summed E-state index contributed by atoms with van der Waals surface area (Å²) < 4.78 is 17.9. The van der Waals surface area contributed by atoms with Crippen molar-refractivity contribution in [2.24, 2.45) is 5.10 Å². The Morgan fingerprint density at radius 2 is 1.78 bits per heavy atom. The summed E-state index contributed by atoms with van der Waals surface area (Å²) in [6, 6.07) is 20.7. The average molecular weight is 485 g/mol. The number of nitrogens with one attached hydrogen (secondary N) is 1. The second kappa shape index (κ2) is 9.83. The Bertz CT molecular complexity index is 1510. The number of fused-ring (bicyclic) bond motifs is 2. The third-order valence-electron chi connectivity index (χ3n) is 5.68. The molecule has 9 heteroatoms. The topological polar surface area (TPSA) is 111 Å². The number of para-hydroxylation sites is 2. The molecular formula is C27H23N3O6. The Balaban J connectivity index is 1.45. The standard InChI is InChI=1S/C27H23N3O6/c1-2-34-18-13-11-17(12-14-18)30-26(32)20-8-4-3-7-19(20)21(27(30)33)15-28-29-25(31)24-16-35-22-9-5-6-10-23(22)36-24/h3-15,24,33H,2,16H2,1H3,(H,29,31)/b28-15+/t24-/m0/s1. The lowest BCUT2D eigenvalue weighted by Gasteiger charge is -2.24. The molecule has 2 heterocycles. The number of hydrazone groups is 1. The summed E-state index contributed by atoms with van der Waals surface area (Å²) in [5.41, 5.74) is 2.76. The van der Waals surface area contributed by atoms with Crippen molar-refractivity contribution < 1.29 is 24.1 Å². The van der Waals surface area contributed by atoms with Crippen LogP contribution in [0.25, 0.3) is 16.5 Å². The van der Waals surface area contributed by atoms with Crippen LogP contribution in [0.5, 0.6) is 23.1 Å². The van der Waals surface area contributed by atoms with Crippen molar-refractivity contribution in [3.63, 3.8) is 0 Å². The van der Waals surface area contributed by atoms with Crippen molar-refractivity contribution in [1.29, 1.82) is 0 Å². The summed E-state index contributed by atoms with van der Waals surface area (Å²) in [6.07, 6.45) is 0.415. The van der Waals surface area contributed by atoms with Crippen LogP contribution in [0.4, 0.5) is 0 Å². The monoisotopic (exact) mass is 485 g/mol. The van der Waals surface area contributed by atoms with E-state index >= 15 is 0 Å². The van der Waals surface area contributed by atoms with E-state index in [-0.39, 0.29) is 23.6 Å². The molecule has 36 heavy (non-hydrogen) atoms. The highest BCUT2D eigenvalue weighted by Crippen LogP contribution is 2.31. The Morgan fingerprint density at radius 3 is 2.53 bits per heavy atom. The van der Waals surface area contributed by atoms with Gasteiger partial charge in [-0.25, -0.2) is 9.99 Å². The van der Waals surface area contributed by atoms with E-state index in [4.69, 9.17) is 14.2 Å². The maximum atomic E-state index is 13.2. The van der Waals surface area contributed by atoms with Crippen LogP contribution in [0.2, 0.25) is 0 Å². The number of pyridine rings is 1. The van der Waals surface area contributed by atoms with Crippen LogP contribution in [0.3, 0.4) is 0 Å². The van der Waals surface area contributed by atoms with Crippen LogP contribution < -0.4 is 25.2 Å². The molecule has 182 valence electrons. The minimum atomic E-state index is -0.889. The fourth-order valence-electron chi connectivity index (χ4n) is 3.97. The molecule has 1 aromatic heterocycles. The van der Waals surface area contributed by atoms with Crippen molar-refractivity contribution in [2.45, 2.75) is 13.0 Å². The molecule has 1 amide bonds. The number of carbonyl (C=O) groups excluding carboxylic acids is 1. The number of aromatic hydroxyl groups is 1. The zero-order valence-corrected chi connectivity index (χ0v) is 19.4. The average Bonchev–Trinajstić information content (AvgIpc) is 2.91. The van der Waals surface area contributed by atoms with Gasteiger partial charge in [0.1, 0.15) is 12.4 Å². The van der Waals surface area contributed by atoms with Gasteiger partial charge in [0.05, 0.1) is 24.1 Å². The third kappa shape index (κ3) is 4.34. The molecule has 1 atom stereocenters. The van der Waals surface area contributed by atoms with Crippen LogP contribution in [0, 0.1) is 0 Å². The van der Waals surface area contributed by atoms with Crippen molar-refractivity contribution in [2.75, 3.05) is 13.2 Å². The van der Waals surface area contributed by atoms with E-state index in [1.807, 2.05) is 13.0 Å². The summed E-state index contributed by atoms with van der Waals surface area (Å²) in [4.78, 5) is 25.8. The summed E-state index contributed by atoms with van der Waals surface area (Å²) in [7, 11) is 0. The van der Waals surface area contributed by atoms with Crippen LogP contribution in [0.15, 0.2) is 82.7 Å². The van der Waals surface area contributed by atoms with Gasteiger partial charge in [-0.1, -0.05) is 30.3 Å². The lowest BCUT2D eigenvalue weighted by atomic mass is 10.1. The van der Waals surface area contributed by atoms with Gasteiger partial charge < -0.3 is 19.3 Å². The fourth-order valence-corrected chi connectivity index (χ4v) is 3.97. The molecule has 1 aliphatic heterocycles. The normalized spacial score (nSPS) is 14.6. The van der Waals surface area contributed by atoms with Crippen molar-refractivity contribution in [1.82, 2.24) is 9.99 Å². The summed E-state index contributed by atoms with van der Waals surface area (Å²) in [5, 5.41) is 16.0. The van der Waals surface area contributed by atoms with Gasteiger partial charge in [0.15, 0.2) is 11.5 Å². The molecule has 0 fully saturated rings. The Labute approximate surface area is 206 Å².